The van der Waals surface area contributed by atoms with E-state index in [0.717, 1.165) is 35.9 Å². The molecule has 0 amide bonds. The molecule has 2 aromatic heterocycles. The molecular formula is C23H31N7O. The van der Waals surface area contributed by atoms with Gasteiger partial charge in [-0.3, -0.25) is 0 Å². The van der Waals surface area contributed by atoms with Crippen LogP contribution in [-0.4, -0.2) is 46.2 Å². The second-order valence-electron chi connectivity index (χ2n) is 8.53. The standard InChI is InChI=1S/C23H31N7O/c1-31-19-14-17(30-12-6-3-7-13-30)10-11-18(19)27-23-28-21-20(24-15-25-21)22(29-23)26-16-8-4-2-5-9-16/h10-11,14-16H,2-9,12-13H2,1H3,(H3,24,25,26,27,28,29). The van der Waals surface area contributed by atoms with Gasteiger partial charge in [0.2, 0.25) is 5.95 Å². The number of benzene rings is 1. The van der Waals surface area contributed by atoms with E-state index in [2.05, 4.69) is 48.7 Å². The molecule has 0 radical (unpaired) electrons. The van der Waals surface area contributed by atoms with Gasteiger partial charge < -0.3 is 25.3 Å². The Balaban J connectivity index is 1.40. The molecule has 2 aliphatic rings. The van der Waals surface area contributed by atoms with Crippen LogP contribution in [0.15, 0.2) is 24.5 Å². The van der Waals surface area contributed by atoms with E-state index in [1.165, 1.54) is 57.1 Å². The van der Waals surface area contributed by atoms with Gasteiger partial charge in [0.05, 0.1) is 19.1 Å². The molecule has 2 fully saturated rings. The molecule has 3 aromatic rings. The van der Waals surface area contributed by atoms with Crippen molar-refractivity contribution in [2.75, 3.05) is 35.7 Å². The van der Waals surface area contributed by atoms with Gasteiger partial charge in [-0.2, -0.15) is 9.97 Å². The van der Waals surface area contributed by atoms with Crippen molar-refractivity contribution in [3.8, 4) is 5.75 Å². The number of imidazole rings is 1. The lowest BCUT2D eigenvalue weighted by atomic mass is 9.95. The van der Waals surface area contributed by atoms with E-state index in [0.29, 0.717) is 17.6 Å². The molecule has 31 heavy (non-hydrogen) atoms. The fourth-order valence-corrected chi connectivity index (χ4v) is 4.69. The van der Waals surface area contributed by atoms with E-state index >= 15 is 0 Å². The van der Waals surface area contributed by atoms with Crippen LogP contribution in [0.3, 0.4) is 0 Å². The average Bonchev–Trinajstić information content (AvgIpc) is 3.30. The molecule has 0 unspecified atom stereocenters. The van der Waals surface area contributed by atoms with Crippen molar-refractivity contribution in [3.05, 3.63) is 24.5 Å². The summed E-state index contributed by atoms with van der Waals surface area (Å²) >= 11 is 0. The zero-order valence-electron chi connectivity index (χ0n) is 18.2. The Hall–Kier alpha value is -3.03. The summed E-state index contributed by atoms with van der Waals surface area (Å²) in [5, 5.41) is 6.97. The summed E-state index contributed by atoms with van der Waals surface area (Å²) in [6, 6.07) is 6.74. The predicted molar refractivity (Wildman–Crippen MR) is 125 cm³/mol. The van der Waals surface area contributed by atoms with Crippen LogP contribution in [0.4, 0.5) is 23.1 Å². The number of nitrogens with zero attached hydrogens (tertiary/aromatic N) is 4. The van der Waals surface area contributed by atoms with E-state index < -0.39 is 0 Å². The van der Waals surface area contributed by atoms with Gasteiger partial charge in [-0.15, -0.1) is 0 Å². The molecule has 1 aromatic carbocycles. The van der Waals surface area contributed by atoms with Gasteiger partial charge in [-0.1, -0.05) is 19.3 Å². The van der Waals surface area contributed by atoms with Crippen molar-refractivity contribution < 1.29 is 4.74 Å². The van der Waals surface area contributed by atoms with Crippen molar-refractivity contribution in [2.45, 2.75) is 57.4 Å². The number of hydrogen-bond acceptors (Lipinski definition) is 7. The van der Waals surface area contributed by atoms with Gasteiger partial charge in [0, 0.05) is 30.9 Å². The number of rotatable bonds is 6. The Morgan fingerprint density at radius 1 is 1.03 bits per heavy atom. The van der Waals surface area contributed by atoms with E-state index in [1.807, 2.05) is 0 Å². The summed E-state index contributed by atoms with van der Waals surface area (Å²) in [5.41, 5.74) is 3.55. The molecule has 1 saturated heterocycles. The van der Waals surface area contributed by atoms with Crippen LogP contribution in [0.2, 0.25) is 0 Å². The lowest BCUT2D eigenvalue weighted by Crippen LogP contribution is -2.29. The van der Waals surface area contributed by atoms with Crippen molar-refractivity contribution in [2.24, 2.45) is 0 Å². The highest BCUT2D eigenvalue weighted by molar-refractivity contribution is 5.84. The number of aromatic amines is 1. The van der Waals surface area contributed by atoms with Gasteiger partial charge in [0.15, 0.2) is 11.5 Å². The molecular weight excluding hydrogens is 390 g/mol. The zero-order valence-corrected chi connectivity index (χ0v) is 18.2. The number of methoxy groups -OCH3 is 1. The summed E-state index contributed by atoms with van der Waals surface area (Å²) in [5.74, 6) is 2.11. The van der Waals surface area contributed by atoms with Gasteiger partial charge in [-0.25, -0.2) is 4.98 Å². The predicted octanol–water partition coefficient (Wildman–Crippen LogP) is 4.84. The highest BCUT2D eigenvalue weighted by atomic mass is 16.5. The molecule has 3 heterocycles. The molecule has 1 saturated carbocycles. The second-order valence-corrected chi connectivity index (χ2v) is 8.53. The smallest absolute Gasteiger partial charge is 0.231 e. The number of hydrogen-bond donors (Lipinski definition) is 3. The molecule has 1 aliphatic carbocycles. The first-order valence-corrected chi connectivity index (χ1v) is 11.5. The van der Waals surface area contributed by atoms with Gasteiger partial charge in [-0.05, 0) is 44.2 Å². The summed E-state index contributed by atoms with van der Waals surface area (Å²) in [6.07, 6.45) is 11.7. The Morgan fingerprint density at radius 2 is 1.84 bits per heavy atom. The Labute approximate surface area is 182 Å². The third kappa shape index (κ3) is 4.38. The third-order valence-electron chi connectivity index (χ3n) is 6.38. The van der Waals surface area contributed by atoms with E-state index in [1.54, 1.807) is 13.4 Å². The van der Waals surface area contributed by atoms with Crippen molar-refractivity contribution >= 4 is 34.3 Å². The van der Waals surface area contributed by atoms with E-state index in [9.17, 15) is 0 Å². The molecule has 8 heteroatoms. The number of aromatic nitrogens is 4. The Bertz CT molecular complexity index is 1020. The van der Waals surface area contributed by atoms with Gasteiger partial charge in [0.25, 0.3) is 0 Å². The average molecular weight is 422 g/mol. The number of fused-ring (bicyclic) bond motifs is 1. The molecule has 0 bridgehead atoms. The fourth-order valence-electron chi connectivity index (χ4n) is 4.69. The van der Waals surface area contributed by atoms with Crippen LogP contribution in [0.25, 0.3) is 11.2 Å². The van der Waals surface area contributed by atoms with Crippen LogP contribution < -0.4 is 20.3 Å². The molecule has 0 atom stereocenters. The minimum Gasteiger partial charge on any atom is -0.494 e. The largest absolute Gasteiger partial charge is 0.494 e. The third-order valence-corrected chi connectivity index (χ3v) is 6.38. The van der Waals surface area contributed by atoms with Crippen LogP contribution >= 0.6 is 0 Å². The number of anilines is 4. The highest BCUT2D eigenvalue weighted by Gasteiger charge is 2.18. The molecule has 164 valence electrons. The van der Waals surface area contributed by atoms with E-state index in [4.69, 9.17) is 9.72 Å². The first-order chi connectivity index (χ1) is 15.3. The zero-order chi connectivity index (χ0) is 21.0. The first kappa shape index (κ1) is 19.9. The number of H-pyrrole nitrogens is 1. The maximum absolute atomic E-state index is 5.69. The summed E-state index contributed by atoms with van der Waals surface area (Å²) in [6.45, 7) is 2.20. The quantitative estimate of drug-likeness (QED) is 0.524. The molecule has 5 rings (SSSR count). The van der Waals surface area contributed by atoms with Gasteiger partial charge >= 0.3 is 0 Å². The number of nitrogens with one attached hydrogen (secondary N) is 3. The summed E-state index contributed by atoms with van der Waals surface area (Å²) in [7, 11) is 1.70. The lowest BCUT2D eigenvalue weighted by Gasteiger charge is -2.29. The minimum absolute atomic E-state index is 0.446. The highest BCUT2D eigenvalue weighted by Crippen LogP contribution is 2.33. The minimum atomic E-state index is 0.446. The second kappa shape index (κ2) is 8.99. The maximum Gasteiger partial charge on any atom is 0.231 e. The van der Waals surface area contributed by atoms with Crippen LogP contribution in [0.5, 0.6) is 5.75 Å². The van der Waals surface area contributed by atoms with Crippen LogP contribution in [0, 0.1) is 0 Å². The molecule has 3 N–H and O–H groups in total. The van der Waals surface area contributed by atoms with Crippen molar-refractivity contribution in [1.29, 1.82) is 0 Å². The monoisotopic (exact) mass is 421 g/mol. The van der Waals surface area contributed by atoms with E-state index in [-0.39, 0.29) is 0 Å². The maximum atomic E-state index is 5.69. The SMILES string of the molecule is COc1cc(N2CCCCC2)ccc1Nc1nc(NC2CCCCC2)c2[nH]cnc2n1. The molecule has 0 spiro atoms. The van der Waals surface area contributed by atoms with Gasteiger partial charge in [0.1, 0.15) is 11.3 Å². The topological polar surface area (TPSA) is 91.0 Å². The fraction of sp³-hybridized carbons (Fsp3) is 0.522. The van der Waals surface area contributed by atoms with Crippen molar-refractivity contribution in [3.63, 3.8) is 0 Å². The lowest BCUT2D eigenvalue weighted by molar-refractivity contribution is 0.416. The van der Waals surface area contributed by atoms with Crippen LogP contribution in [-0.2, 0) is 0 Å². The molecule has 8 nitrogen and oxygen atoms in total. The molecule has 1 aliphatic heterocycles. The Kier molecular flexibility index (Phi) is 5.78. The van der Waals surface area contributed by atoms with Crippen molar-refractivity contribution in [1.82, 2.24) is 19.9 Å². The Morgan fingerprint density at radius 3 is 2.65 bits per heavy atom. The summed E-state index contributed by atoms with van der Waals surface area (Å²) < 4.78 is 5.69. The number of piperidine rings is 1. The number of ether oxygens (including phenoxy) is 1. The normalized spacial score (nSPS) is 17.6. The van der Waals surface area contributed by atoms with Crippen LogP contribution in [0.1, 0.15) is 51.4 Å². The summed E-state index contributed by atoms with van der Waals surface area (Å²) in [4.78, 5) is 19.4. The first-order valence-electron chi connectivity index (χ1n) is 11.5.